The van der Waals surface area contributed by atoms with Gasteiger partial charge in [0.2, 0.25) is 0 Å². The van der Waals surface area contributed by atoms with Gasteiger partial charge in [-0.1, -0.05) is 66.2 Å². The molecular weight excluding hydrogens is 564 g/mol. The summed E-state index contributed by atoms with van der Waals surface area (Å²) in [7, 11) is 0. The number of rotatable bonds is 10. The molecular formula is C35H29ClN2O5. The second kappa shape index (κ2) is 13.2. The van der Waals surface area contributed by atoms with Crippen LogP contribution in [0.2, 0.25) is 5.02 Å². The number of barbiturate groups is 1. The number of ether oxygens (including phenoxy) is 2. The van der Waals surface area contributed by atoms with E-state index in [1.165, 1.54) is 6.08 Å². The van der Waals surface area contributed by atoms with Gasteiger partial charge < -0.3 is 9.47 Å². The first-order valence-corrected chi connectivity index (χ1v) is 14.1. The Labute approximate surface area is 255 Å². The van der Waals surface area contributed by atoms with Crippen molar-refractivity contribution in [3.8, 4) is 11.5 Å². The number of para-hydroxylation sites is 2. The van der Waals surface area contributed by atoms with Gasteiger partial charge >= 0.3 is 6.03 Å². The molecule has 4 aromatic rings. The summed E-state index contributed by atoms with van der Waals surface area (Å²) in [6.45, 7) is 6.35. The Balaban J connectivity index is 1.60. The Kier molecular flexibility index (Phi) is 9.03. The monoisotopic (exact) mass is 592 g/mol. The number of imide groups is 2. The number of hydrogen-bond acceptors (Lipinski definition) is 5. The van der Waals surface area contributed by atoms with Crippen LogP contribution in [0.5, 0.6) is 11.5 Å². The van der Waals surface area contributed by atoms with Gasteiger partial charge in [0.15, 0.2) is 11.5 Å². The molecule has 0 spiro atoms. The van der Waals surface area contributed by atoms with Gasteiger partial charge in [-0.15, -0.1) is 6.58 Å². The molecule has 1 saturated heterocycles. The number of anilines is 2. The predicted molar refractivity (Wildman–Crippen MR) is 169 cm³/mol. The normalized spacial score (nSPS) is 13.3. The maximum absolute atomic E-state index is 13.8. The standard InChI is InChI=1S/C35H29ClN2O5/c1-3-12-26-19-25(22-31(42-4-2)32(26)43-23-24-13-11-14-27(36)20-24)21-30-33(39)37(28-15-7-5-8-16-28)35(41)38(34(30)40)29-17-9-6-10-18-29/h3,5-11,13-22H,1,4,12,23H2,2H3. The Morgan fingerprint density at radius 3 is 1.98 bits per heavy atom. The molecule has 0 bridgehead atoms. The molecule has 0 unspecified atom stereocenters. The van der Waals surface area contributed by atoms with E-state index in [2.05, 4.69) is 6.58 Å². The van der Waals surface area contributed by atoms with Crippen LogP contribution in [0.4, 0.5) is 16.2 Å². The number of nitrogens with zero attached hydrogens (tertiary/aromatic N) is 2. The molecule has 7 nitrogen and oxygen atoms in total. The number of carbonyl (C=O) groups excluding carboxylic acids is 3. The zero-order valence-corrected chi connectivity index (χ0v) is 24.3. The molecule has 1 heterocycles. The summed E-state index contributed by atoms with van der Waals surface area (Å²) in [5.74, 6) is -0.477. The van der Waals surface area contributed by atoms with Crippen LogP contribution in [-0.2, 0) is 22.6 Å². The number of allylic oxidation sites excluding steroid dienone is 1. The maximum atomic E-state index is 13.8. The summed E-state index contributed by atoms with van der Waals surface area (Å²) in [4.78, 5) is 43.2. The van der Waals surface area contributed by atoms with E-state index in [0.717, 1.165) is 20.9 Å². The quantitative estimate of drug-likeness (QED) is 0.107. The van der Waals surface area contributed by atoms with E-state index in [9.17, 15) is 14.4 Å². The zero-order valence-electron chi connectivity index (χ0n) is 23.5. The van der Waals surface area contributed by atoms with Gasteiger partial charge in [-0.3, -0.25) is 9.59 Å². The lowest BCUT2D eigenvalue weighted by Crippen LogP contribution is -2.57. The smallest absolute Gasteiger partial charge is 0.343 e. The molecule has 0 saturated carbocycles. The third-order valence-electron chi connectivity index (χ3n) is 6.68. The van der Waals surface area contributed by atoms with Crippen molar-refractivity contribution in [3.63, 3.8) is 0 Å². The van der Waals surface area contributed by atoms with E-state index in [0.29, 0.717) is 46.5 Å². The largest absolute Gasteiger partial charge is 0.490 e. The second-order valence-corrected chi connectivity index (χ2v) is 10.1. The third kappa shape index (κ3) is 6.37. The fourth-order valence-electron chi connectivity index (χ4n) is 4.79. The molecule has 216 valence electrons. The molecule has 0 aromatic heterocycles. The number of halogens is 1. The van der Waals surface area contributed by atoms with Crippen LogP contribution < -0.4 is 19.3 Å². The van der Waals surface area contributed by atoms with Gasteiger partial charge in [0.05, 0.1) is 18.0 Å². The molecule has 8 heteroatoms. The van der Waals surface area contributed by atoms with E-state index in [-0.39, 0.29) is 12.2 Å². The zero-order chi connectivity index (χ0) is 30.3. The van der Waals surface area contributed by atoms with Crippen molar-refractivity contribution in [2.45, 2.75) is 20.0 Å². The molecule has 0 radical (unpaired) electrons. The summed E-state index contributed by atoms with van der Waals surface area (Å²) >= 11 is 6.15. The predicted octanol–water partition coefficient (Wildman–Crippen LogP) is 7.63. The number of urea groups is 1. The van der Waals surface area contributed by atoms with Crippen LogP contribution in [-0.4, -0.2) is 24.5 Å². The highest BCUT2D eigenvalue weighted by atomic mass is 35.5. The molecule has 0 atom stereocenters. The Bertz CT molecular complexity index is 1640. The Morgan fingerprint density at radius 2 is 1.42 bits per heavy atom. The number of benzene rings is 4. The summed E-state index contributed by atoms with van der Waals surface area (Å²) in [6, 6.07) is 27.2. The van der Waals surface area contributed by atoms with E-state index >= 15 is 0 Å². The molecule has 1 aliphatic heterocycles. The van der Waals surface area contributed by atoms with Crippen molar-refractivity contribution < 1.29 is 23.9 Å². The van der Waals surface area contributed by atoms with Crippen LogP contribution in [0, 0.1) is 0 Å². The highest BCUT2D eigenvalue weighted by Crippen LogP contribution is 2.36. The summed E-state index contributed by atoms with van der Waals surface area (Å²) in [5, 5.41) is 0.605. The Morgan fingerprint density at radius 1 is 0.791 bits per heavy atom. The molecule has 1 fully saturated rings. The average Bonchev–Trinajstić information content (AvgIpc) is 3.00. The first-order valence-electron chi connectivity index (χ1n) is 13.7. The van der Waals surface area contributed by atoms with E-state index in [4.69, 9.17) is 21.1 Å². The lowest BCUT2D eigenvalue weighted by atomic mass is 10.0. The third-order valence-corrected chi connectivity index (χ3v) is 6.91. The van der Waals surface area contributed by atoms with Crippen LogP contribution in [0.3, 0.4) is 0 Å². The fourth-order valence-corrected chi connectivity index (χ4v) is 5.00. The van der Waals surface area contributed by atoms with E-state index < -0.39 is 17.8 Å². The topological polar surface area (TPSA) is 76.2 Å². The van der Waals surface area contributed by atoms with Crippen LogP contribution in [0.1, 0.15) is 23.6 Å². The lowest BCUT2D eigenvalue weighted by Gasteiger charge is -2.34. The first-order chi connectivity index (χ1) is 20.9. The Hall–Kier alpha value is -5.14. The maximum Gasteiger partial charge on any atom is 0.343 e. The molecule has 4 amide bonds. The number of hydrogen-bond donors (Lipinski definition) is 0. The number of carbonyl (C=O) groups is 3. The van der Waals surface area contributed by atoms with Gasteiger partial charge in [-0.25, -0.2) is 14.6 Å². The van der Waals surface area contributed by atoms with E-state index in [1.54, 1.807) is 78.9 Å². The highest BCUT2D eigenvalue weighted by Gasteiger charge is 2.43. The lowest BCUT2D eigenvalue weighted by molar-refractivity contribution is -0.121. The summed E-state index contributed by atoms with van der Waals surface area (Å²) < 4.78 is 12.2. The second-order valence-electron chi connectivity index (χ2n) is 9.64. The van der Waals surface area contributed by atoms with Crippen LogP contribution in [0.15, 0.2) is 115 Å². The van der Waals surface area contributed by atoms with Gasteiger partial charge in [-0.05, 0) is 79.1 Å². The van der Waals surface area contributed by atoms with Gasteiger partial charge in [0.1, 0.15) is 12.2 Å². The van der Waals surface area contributed by atoms with Crippen LogP contribution in [0.25, 0.3) is 6.08 Å². The van der Waals surface area contributed by atoms with Gasteiger partial charge in [-0.2, -0.15) is 0 Å². The first kappa shape index (κ1) is 29.4. The minimum atomic E-state index is -0.753. The molecule has 1 aliphatic rings. The van der Waals surface area contributed by atoms with Crippen molar-refractivity contribution in [2.24, 2.45) is 0 Å². The molecule has 43 heavy (non-hydrogen) atoms. The van der Waals surface area contributed by atoms with Crippen molar-refractivity contribution in [3.05, 3.63) is 137 Å². The number of amides is 4. The fraction of sp³-hybridized carbons (Fsp3) is 0.114. The molecule has 5 rings (SSSR count). The molecule has 0 N–H and O–H groups in total. The van der Waals surface area contributed by atoms with Crippen molar-refractivity contribution in [1.82, 2.24) is 0 Å². The van der Waals surface area contributed by atoms with Crippen molar-refractivity contribution >= 4 is 46.9 Å². The summed E-state index contributed by atoms with van der Waals surface area (Å²) in [6.07, 6.45) is 3.66. The van der Waals surface area contributed by atoms with Gasteiger partial charge in [0.25, 0.3) is 11.8 Å². The summed E-state index contributed by atoms with van der Waals surface area (Å²) in [5.41, 5.74) is 2.69. The van der Waals surface area contributed by atoms with Crippen LogP contribution >= 0.6 is 11.6 Å². The van der Waals surface area contributed by atoms with Crippen molar-refractivity contribution in [1.29, 1.82) is 0 Å². The van der Waals surface area contributed by atoms with Gasteiger partial charge in [0, 0.05) is 10.6 Å². The minimum absolute atomic E-state index is 0.174. The van der Waals surface area contributed by atoms with E-state index in [1.807, 2.05) is 31.2 Å². The SMILES string of the molecule is C=CCc1cc(C=C2C(=O)N(c3ccccc3)C(=O)N(c3ccccc3)C2=O)cc(OCC)c1OCc1cccc(Cl)c1. The highest BCUT2D eigenvalue weighted by molar-refractivity contribution is 6.46. The average molecular weight is 593 g/mol. The molecule has 0 aliphatic carbocycles. The molecule has 4 aromatic carbocycles. The minimum Gasteiger partial charge on any atom is -0.490 e. The van der Waals surface area contributed by atoms with Crippen molar-refractivity contribution in [2.75, 3.05) is 16.4 Å².